The fraction of sp³-hybridized carbons (Fsp3) is 0.250. The topological polar surface area (TPSA) is 120 Å². The van der Waals surface area contributed by atoms with E-state index in [0.717, 1.165) is 6.26 Å². The molecule has 0 aliphatic heterocycles. The predicted molar refractivity (Wildman–Crippen MR) is 76.3 cm³/mol. The monoisotopic (exact) mass is 309 g/mol. The van der Waals surface area contributed by atoms with Crippen LogP contribution >= 0.6 is 0 Å². The van der Waals surface area contributed by atoms with E-state index in [4.69, 9.17) is 5.73 Å². The summed E-state index contributed by atoms with van der Waals surface area (Å²) in [6, 6.07) is 4.05. The average molecular weight is 309 g/mol. The molecule has 2 aromatic rings. The first-order valence-electron chi connectivity index (χ1n) is 6.09. The van der Waals surface area contributed by atoms with Gasteiger partial charge in [0.1, 0.15) is 0 Å². The van der Waals surface area contributed by atoms with Gasteiger partial charge >= 0.3 is 0 Å². The quantitative estimate of drug-likeness (QED) is 0.731. The van der Waals surface area contributed by atoms with E-state index in [1.165, 1.54) is 24.4 Å². The van der Waals surface area contributed by atoms with Crippen LogP contribution < -0.4 is 11.1 Å². The molecule has 0 atom stereocenters. The Morgan fingerprint density at radius 2 is 2.14 bits per heavy atom. The number of rotatable bonds is 5. The Hall–Kier alpha value is -2.42. The number of carbonyl (C=O) groups excluding carboxylic acids is 1. The minimum absolute atomic E-state index is 0.0175. The molecule has 0 aliphatic carbocycles. The SMILES string of the molecule is CS(=O)(=O)c1cc(N)cc(C(=O)NCCn2ccnn2)c1. The largest absolute Gasteiger partial charge is 0.399 e. The summed E-state index contributed by atoms with van der Waals surface area (Å²) in [5.74, 6) is -0.396. The van der Waals surface area contributed by atoms with Crippen molar-refractivity contribution in [1.82, 2.24) is 20.3 Å². The summed E-state index contributed by atoms with van der Waals surface area (Å²) in [6.45, 7) is 0.804. The molecule has 0 aliphatic rings. The smallest absolute Gasteiger partial charge is 0.251 e. The highest BCUT2D eigenvalue weighted by Gasteiger charge is 2.13. The average Bonchev–Trinajstić information content (AvgIpc) is 2.90. The molecule has 2 rings (SSSR count). The molecule has 112 valence electrons. The molecule has 1 heterocycles. The van der Waals surface area contributed by atoms with Crippen molar-refractivity contribution in [2.24, 2.45) is 0 Å². The van der Waals surface area contributed by atoms with Crippen LogP contribution in [0.4, 0.5) is 5.69 Å². The molecule has 9 heteroatoms. The minimum atomic E-state index is -3.42. The van der Waals surface area contributed by atoms with Crippen molar-refractivity contribution in [1.29, 1.82) is 0 Å². The lowest BCUT2D eigenvalue weighted by Crippen LogP contribution is -2.27. The lowest BCUT2D eigenvalue weighted by molar-refractivity contribution is 0.0951. The normalized spacial score (nSPS) is 11.3. The summed E-state index contributed by atoms with van der Waals surface area (Å²) < 4.78 is 24.6. The van der Waals surface area contributed by atoms with Crippen LogP contribution in [0.25, 0.3) is 0 Å². The van der Waals surface area contributed by atoms with Crippen LogP contribution in [0, 0.1) is 0 Å². The number of benzene rings is 1. The molecule has 1 aromatic heterocycles. The summed E-state index contributed by atoms with van der Waals surface area (Å²) in [7, 11) is -3.42. The Morgan fingerprint density at radius 3 is 2.76 bits per heavy atom. The van der Waals surface area contributed by atoms with E-state index < -0.39 is 15.7 Å². The van der Waals surface area contributed by atoms with Crippen molar-refractivity contribution in [3.05, 3.63) is 36.2 Å². The molecule has 0 unspecified atom stereocenters. The van der Waals surface area contributed by atoms with Gasteiger partial charge in [-0.15, -0.1) is 5.10 Å². The maximum absolute atomic E-state index is 12.0. The number of carbonyl (C=O) groups is 1. The third-order valence-corrected chi connectivity index (χ3v) is 3.81. The second-order valence-corrected chi connectivity index (χ2v) is 6.50. The molecule has 0 spiro atoms. The number of nitrogens with one attached hydrogen (secondary N) is 1. The maximum Gasteiger partial charge on any atom is 0.251 e. The zero-order chi connectivity index (χ0) is 15.5. The van der Waals surface area contributed by atoms with Crippen molar-refractivity contribution >= 4 is 21.4 Å². The molecular formula is C12H15N5O3S. The van der Waals surface area contributed by atoms with E-state index in [0.29, 0.717) is 13.1 Å². The number of aromatic nitrogens is 3. The third-order valence-electron chi connectivity index (χ3n) is 2.72. The van der Waals surface area contributed by atoms with E-state index in [2.05, 4.69) is 15.6 Å². The molecule has 1 aromatic carbocycles. The fourth-order valence-electron chi connectivity index (χ4n) is 1.71. The first-order valence-corrected chi connectivity index (χ1v) is 7.98. The standard InChI is InChI=1S/C12H15N5O3S/c1-21(19,20)11-7-9(6-10(13)8-11)12(18)14-2-4-17-5-3-15-16-17/h3,5-8H,2,4,13H2,1H3,(H,14,18). The first kappa shape index (κ1) is 15.0. The number of hydrogen-bond donors (Lipinski definition) is 2. The molecule has 8 nitrogen and oxygen atoms in total. The van der Waals surface area contributed by atoms with Crippen molar-refractivity contribution < 1.29 is 13.2 Å². The van der Waals surface area contributed by atoms with E-state index in [1.807, 2.05) is 0 Å². The molecule has 21 heavy (non-hydrogen) atoms. The van der Waals surface area contributed by atoms with Crippen molar-refractivity contribution in [3.8, 4) is 0 Å². The van der Waals surface area contributed by atoms with Crippen LogP contribution in [-0.4, -0.2) is 42.1 Å². The van der Waals surface area contributed by atoms with Crippen LogP contribution in [-0.2, 0) is 16.4 Å². The minimum Gasteiger partial charge on any atom is -0.399 e. The van der Waals surface area contributed by atoms with Gasteiger partial charge in [0.05, 0.1) is 17.6 Å². The molecular weight excluding hydrogens is 294 g/mol. The molecule has 1 amide bonds. The van der Waals surface area contributed by atoms with Crippen molar-refractivity contribution in [2.75, 3.05) is 18.5 Å². The second-order valence-electron chi connectivity index (χ2n) is 4.48. The van der Waals surface area contributed by atoms with Gasteiger partial charge in [-0.2, -0.15) is 0 Å². The molecule has 0 saturated heterocycles. The summed E-state index contributed by atoms with van der Waals surface area (Å²) >= 11 is 0. The van der Waals surface area contributed by atoms with Gasteiger partial charge in [0.15, 0.2) is 9.84 Å². The molecule has 0 saturated carbocycles. The second kappa shape index (κ2) is 5.92. The Labute approximate surface area is 121 Å². The molecule has 0 fully saturated rings. The lowest BCUT2D eigenvalue weighted by atomic mass is 10.2. The van der Waals surface area contributed by atoms with Gasteiger partial charge in [0, 0.05) is 30.2 Å². The van der Waals surface area contributed by atoms with E-state index in [1.54, 1.807) is 10.9 Å². The number of anilines is 1. The lowest BCUT2D eigenvalue weighted by Gasteiger charge is -2.08. The van der Waals surface area contributed by atoms with Gasteiger partial charge in [-0.25, -0.2) is 8.42 Å². The van der Waals surface area contributed by atoms with Gasteiger partial charge in [0.2, 0.25) is 0 Å². The number of sulfone groups is 1. The fourth-order valence-corrected chi connectivity index (χ4v) is 2.40. The molecule has 3 N–H and O–H groups in total. The number of nitrogens with zero attached hydrogens (tertiary/aromatic N) is 3. The number of nitrogens with two attached hydrogens (primary N) is 1. The zero-order valence-corrected chi connectivity index (χ0v) is 12.2. The summed E-state index contributed by atoms with van der Waals surface area (Å²) in [4.78, 5) is 12.0. The Bertz CT molecular complexity index is 740. The third kappa shape index (κ3) is 4.02. The Kier molecular flexibility index (Phi) is 4.22. The van der Waals surface area contributed by atoms with E-state index in [-0.39, 0.29) is 16.1 Å². The Morgan fingerprint density at radius 1 is 1.38 bits per heavy atom. The van der Waals surface area contributed by atoms with Crippen LogP contribution in [0.1, 0.15) is 10.4 Å². The Balaban J connectivity index is 2.07. The number of hydrogen-bond acceptors (Lipinski definition) is 6. The van der Waals surface area contributed by atoms with Gasteiger partial charge in [0.25, 0.3) is 5.91 Å². The summed E-state index contributed by atoms with van der Waals surface area (Å²) in [5.41, 5.74) is 6.06. The van der Waals surface area contributed by atoms with Gasteiger partial charge < -0.3 is 11.1 Å². The van der Waals surface area contributed by atoms with Crippen LogP contribution in [0.3, 0.4) is 0 Å². The number of nitrogen functional groups attached to an aromatic ring is 1. The van der Waals surface area contributed by atoms with Gasteiger partial charge in [-0.3, -0.25) is 9.48 Å². The number of amides is 1. The van der Waals surface area contributed by atoms with Gasteiger partial charge in [-0.05, 0) is 18.2 Å². The van der Waals surface area contributed by atoms with Crippen molar-refractivity contribution in [2.45, 2.75) is 11.4 Å². The maximum atomic E-state index is 12.0. The van der Waals surface area contributed by atoms with Crippen LogP contribution in [0.2, 0.25) is 0 Å². The van der Waals surface area contributed by atoms with Gasteiger partial charge in [-0.1, -0.05) is 5.21 Å². The summed E-state index contributed by atoms with van der Waals surface area (Å²) in [6.07, 6.45) is 4.28. The zero-order valence-electron chi connectivity index (χ0n) is 11.4. The highest BCUT2D eigenvalue weighted by atomic mass is 32.2. The van der Waals surface area contributed by atoms with E-state index >= 15 is 0 Å². The molecule has 0 bridgehead atoms. The van der Waals surface area contributed by atoms with Crippen molar-refractivity contribution in [3.63, 3.8) is 0 Å². The predicted octanol–water partition coefficient (Wildman–Crippen LogP) is -0.306. The first-order chi connectivity index (χ1) is 9.86. The summed E-state index contributed by atoms with van der Waals surface area (Å²) in [5, 5.41) is 10.1. The van der Waals surface area contributed by atoms with E-state index in [9.17, 15) is 13.2 Å². The highest BCUT2D eigenvalue weighted by Crippen LogP contribution is 2.16. The van der Waals surface area contributed by atoms with Crippen LogP contribution in [0.5, 0.6) is 0 Å². The highest BCUT2D eigenvalue weighted by molar-refractivity contribution is 7.90. The molecule has 0 radical (unpaired) electrons. The van der Waals surface area contributed by atoms with Crippen LogP contribution in [0.15, 0.2) is 35.5 Å².